The number of fused-ring (bicyclic) bond motifs is 2. The summed E-state index contributed by atoms with van der Waals surface area (Å²) in [5, 5.41) is 8.33. The van der Waals surface area contributed by atoms with E-state index in [0.717, 1.165) is 51.4 Å². The van der Waals surface area contributed by atoms with Crippen molar-refractivity contribution in [3.05, 3.63) is 71.4 Å². The van der Waals surface area contributed by atoms with Crippen LogP contribution in [0.3, 0.4) is 0 Å². The van der Waals surface area contributed by atoms with Crippen LogP contribution in [0.2, 0.25) is 0 Å². The fourth-order valence-electron chi connectivity index (χ4n) is 4.43. The predicted molar refractivity (Wildman–Crippen MR) is 135 cm³/mol. The number of nitrogens with one attached hydrogen (secondary N) is 1. The SMILES string of the molecule is CC(=O)N1CCc2cc(NC(=O)CSc3nc(-c4ccccc4)c4c(C)cc(C)nn34)ccc21. The average molecular weight is 472 g/mol. The van der Waals surface area contributed by atoms with E-state index in [1.54, 1.807) is 11.8 Å². The Morgan fingerprint density at radius 2 is 1.88 bits per heavy atom. The summed E-state index contributed by atoms with van der Waals surface area (Å²) in [6.45, 7) is 6.26. The summed E-state index contributed by atoms with van der Waals surface area (Å²) in [4.78, 5) is 31.1. The molecule has 1 aliphatic heterocycles. The van der Waals surface area contributed by atoms with Gasteiger partial charge in [-0.25, -0.2) is 9.50 Å². The maximum Gasteiger partial charge on any atom is 0.234 e. The highest BCUT2D eigenvalue weighted by atomic mass is 32.2. The molecule has 5 rings (SSSR count). The molecule has 0 bridgehead atoms. The van der Waals surface area contributed by atoms with Crippen LogP contribution in [-0.2, 0) is 16.0 Å². The first-order chi connectivity index (χ1) is 16.4. The van der Waals surface area contributed by atoms with Crippen LogP contribution in [0.5, 0.6) is 0 Å². The number of nitrogens with zero attached hydrogens (tertiary/aromatic N) is 4. The molecule has 0 aliphatic carbocycles. The van der Waals surface area contributed by atoms with Gasteiger partial charge in [0.25, 0.3) is 0 Å². The van der Waals surface area contributed by atoms with E-state index < -0.39 is 0 Å². The molecule has 172 valence electrons. The number of carbonyl (C=O) groups is 2. The third-order valence-corrected chi connectivity index (χ3v) is 6.83. The number of benzene rings is 2. The highest BCUT2D eigenvalue weighted by Crippen LogP contribution is 2.32. The van der Waals surface area contributed by atoms with E-state index in [2.05, 4.69) is 17.3 Å². The molecule has 0 saturated carbocycles. The van der Waals surface area contributed by atoms with Gasteiger partial charge in [0.05, 0.1) is 22.7 Å². The Kier molecular flexibility index (Phi) is 5.83. The van der Waals surface area contributed by atoms with Crippen LogP contribution >= 0.6 is 11.8 Å². The van der Waals surface area contributed by atoms with Crippen LogP contribution in [0.15, 0.2) is 59.8 Å². The summed E-state index contributed by atoms with van der Waals surface area (Å²) in [7, 11) is 0. The van der Waals surface area contributed by atoms with Crippen LogP contribution in [0.1, 0.15) is 23.7 Å². The minimum absolute atomic E-state index is 0.0350. The molecule has 0 radical (unpaired) electrons. The van der Waals surface area contributed by atoms with Gasteiger partial charge in [0.1, 0.15) is 0 Å². The highest BCUT2D eigenvalue weighted by molar-refractivity contribution is 7.99. The summed E-state index contributed by atoms with van der Waals surface area (Å²) in [6.07, 6.45) is 0.792. The second-order valence-corrected chi connectivity index (χ2v) is 9.38. The maximum atomic E-state index is 12.8. The van der Waals surface area contributed by atoms with E-state index in [1.807, 2.05) is 66.0 Å². The van der Waals surface area contributed by atoms with Crippen molar-refractivity contribution in [2.24, 2.45) is 0 Å². The zero-order chi connectivity index (χ0) is 23.8. The second-order valence-electron chi connectivity index (χ2n) is 8.44. The van der Waals surface area contributed by atoms with Gasteiger partial charge in [-0.1, -0.05) is 42.1 Å². The highest BCUT2D eigenvalue weighted by Gasteiger charge is 2.23. The summed E-state index contributed by atoms with van der Waals surface area (Å²) in [5.74, 6) is 0.125. The predicted octanol–water partition coefficient (Wildman–Crippen LogP) is 4.65. The molecule has 34 heavy (non-hydrogen) atoms. The standard InChI is InChI=1S/C26H25N5O2S/c1-16-13-17(2)29-31-25(16)24(19-7-5-4-6-8-19)28-26(31)34-15-23(33)27-21-9-10-22-20(14-21)11-12-30(22)18(3)32/h4-10,13-14H,11-12,15H2,1-3H3,(H,27,33). The van der Waals surface area contributed by atoms with E-state index in [4.69, 9.17) is 4.98 Å². The van der Waals surface area contributed by atoms with E-state index >= 15 is 0 Å². The molecule has 0 spiro atoms. The van der Waals surface area contributed by atoms with Gasteiger partial charge >= 0.3 is 0 Å². The number of anilines is 2. The van der Waals surface area contributed by atoms with Crippen molar-refractivity contribution in [1.82, 2.24) is 14.6 Å². The van der Waals surface area contributed by atoms with Crippen LogP contribution in [-0.4, -0.2) is 38.7 Å². The van der Waals surface area contributed by atoms with E-state index in [1.165, 1.54) is 11.8 Å². The molecule has 0 fully saturated rings. The number of carbonyl (C=O) groups excluding carboxylic acids is 2. The van der Waals surface area contributed by atoms with Crippen LogP contribution in [0.4, 0.5) is 11.4 Å². The van der Waals surface area contributed by atoms with Gasteiger partial charge in [-0.3, -0.25) is 9.59 Å². The number of hydrogen-bond donors (Lipinski definition) is 1. The Bertz CT molecular complexity index is 1410. The van der Waals surface area contributed by atoms with Crippen LogP contribution in [0.25, 0.3) is 16.8 Å². The fraction of sp³-hybridized carbons (Fsp3) is 0.231. The number of rotatable bonds is 5. The van der Waals surface area contributed by atoms with Gasteiger partial charge in [0.2, 0.25) is 11.8 Å². The molecule has 0 saturated heterocycles. The first kappa shape index (κ1) is 22.2. The molecule has 0 atom stereocenters. The van der Waals surface area contributed by atoms with Crippen molar-refractivity contribution in [2.75, 3.05) is 22.5 Å². The number of imidazole rings is 1. The Hall–Kier alpha value is -3.65. The molecule has 8 heteroatoms. The van der Waals surface area contributed by atoms with Gasteiger partial charge in [-0.2, -0.15) is 5.10 Å². The quantitative estimate of drug-likeness (QED) is 0.429. The summed E-state index contributed by atoms with van der Waals surface area (Å²) < 4.78 is 1.84. The Labute approximate surface area is 202 Å². The largest absolute Gasteiger partial charge is 0.325 e. The molecule has 2 aromatic carbocycles. The van der Waals surface area contributed by atoms with Crippen molar-refractivity contribution < 1.29 is 9.59 Å². The summed E-state index contributed by atoms with van der Waals surface area (Å²) >= 11 is 1.36. The van der Waals surface area contributed by atoms with Gasteiger partial charge < -0.3 is 10.2 Å². The molecule has 1 N–H and O–H groups in total. The van der Waals surface area contributed by atoms with Crippen LogP contribution < -0.4 is 10.2 Å². The molecule has 4 aromatic rings. The molecular formula is C26H25N5O2S. The van der Waals surface area contributed by atoms with E-state index in [-0.39, 0.29) is 17.6 Å². The zero-order valence-electron chi connectivity index (χ0n) is 19.3. The number of thioether (sulfide) groups is 1. The first-order valence-electron chi connectivity index (χ1n) is 11.2. The molecule has 0 unspecified atom stereocenters. The van der Waals surface area contributed by atoms with E-state index in [0.29, 0.717) is 11.7 Å². The zero-order valence-corrected chi connectivity index (χ0v) is 20.1. The van der Waals surface area contributed by atoms with Gasteiger partial charge in [0, 0.05) is 30.4 Å². The van der Waals surface area contributed by atoms with Gasteiger partial charge in [0.15, 0.2) is 5.16 Å². The van der Waals surface area contributed by atoms with Crippen molar-refractivity contribution >= 4 is 40.5 Å². The first-order valence-corrected chi connectivity index (χ1v) is 12.2. The fourth-order valence-corrected chi connectivity index (χ4v) is 5.17. The molecular weight excluding hydrogens is 446 g/mol. The lowest BCUT2D eigenvalue weighted by Crippen LogP contribution is -2.25. The number of amides is 2. The third kappa shape index (κ3) is 4.17. The normalized spacial score (nSPS) is 12.7. The van der Waals surface area contributed by atoms with Gasteiger partial charge in [-0.15, -0.1) is 0 Å². The smallest absolute Gasteiger partial charge is 0.234 e. The summed E-state index contributed by atoms with van der Waals surface area (Å²) in [5.41, 5.74) is 7.55. The Morgan fingerprint density at radius 1 is 1.09 bits per heavy atom. The van der Waals surface area contributed by atoms with Crippen molar-refractivity contribution in [3.8, 4) is 11.3 Å². The second kappa shape index (κ2) is 8.95. The minimum atomic E-state index is -0.117. The number of aromatic nitrogens is 3. The maximum absolute atomic E-state index is 12.8. The lowest BCUT2D eigenvalue weighted by atomic mass is 10.1. The molecule has 3 heterocycles. The van der Waals surface area contributed by atoms with Crippen molar-refractivity contribution in [1.29, 1.82) is 0 Å². The third-order valence-electron chi connectivity index (χ3n) is 5.90. The average Bonchev–Trinajstić information content (AvgIpc) is 3.40. The lowest BCUT2D eigenvalue weighted by molar-refractivity contribution is -0.116. The van der Waals surface area contributed by atoms with Gasteiger partial charge in [-0.05, 0) is 55.7 Å². The topological polar surface area (TPSA) is 79.6 Å². The van der Waals surface area contributed by atoms with Crippen molar-refractivity contribution in [2.45, 2.75) is 32.3 Å². The molecule has 7 nitrogen and oxygen atoms in total. The Morgan fingerprint density at radius 3 is 2.65 bits per heavy atom. The number of hydrogen-bond acceptors (Lipinski definition) is 5. The number of aryl methyl sites for hydroxylation is 2. The molecule has 2 amide bonds. The molecule has 1 aliphatic rings. The summed E-state index contributed by atoms with van der Waals surface area (Å²) in [6, 6.07) is 17.8. The minimum Gasteiger partial charge on any atom is -0.325 e. The monoisotopic (exact) mass is 471 g/mol. The van der Waals surface area contributed by atoms with Crippen molar-refractivity contribution in [3.63, 3.8) is 0 Å². The Balaban J connectivity index is 1.35. The molecule has 2 aromatic heterocycles. The van der Waals surface area contributed by atoms with E-state index in [9.17, 15) is 9.59 Å². The lowest BCUT2D eigenvalue weighted by Gasteiger charge is -2.15. The van der Waals surface area contributed by atoms with Crippen LogP contribution in [0, 0.1) is 13.8 Å².